The van der Waals surface area contributed by atoms with E-state index >= 15 is 0 Å². The molecular weight excluding hydrogens is 506 g/mol. The van der Waals surface area contributed by atoms with Crippen molar-refractivity contribution in [1.82, 2.24) is 10.7 Å². The number of carbonyl (C=O) groups is 3. The normalized spacial score (nSPS) is 10.5. The summed E-state index contributed by atoms with van der Waals surface area (Å²) in [5.74, 6) is -0.0975. The molecule has 0 saturated carbocycles. The zero-order chi connectivity index (χ0) is 28.2. The van der Waals surface area contributed by atoms with Crippen LogP contribution in [0.25, 0.3) is 0 Å². The minimum Gasteiger partial charge on any atom is -0.493 e. The smallest absolute Gasteiger partial charge is 0.343 e. The number of esters is 1. The number of ether oxygens (including phenoxy) is 5. The molecule has 3 rings (SSSR count). The number of methoxy groups -OCH3 is 3. The molecule has 0 unspecified atom stereocenters. The molecule has 11 heteroatoms. The second-order valence-electron chi connectivity index (χ2n) is 7.78. The van der Waals surface area contributed by atoms with Gasteiger partial charge in [0.05, 0.1) is 46.3 Å². The maximum Gasteiger partial charge on any atom is 0.343 e. The Labute approximate surface area is 225 Å². The van der Waals surface area contributed by atoms with Crippen molar-refractivity contribution in [3.8, 4) is 28.7 Å². The zero-order valence-electron chi connectivity index (χ0n) is 22.0. The first-order chi connectivity index (χ1) is 18.9. The average molecular weight is 536 g/mol. The molecule has 3 aromatic carbocycles. The second kappa shape index (κ2) is 14.0. The van der Waals surface area contributed by atoms with Crippen LogP contribution in [0.4, 0.5) is 0 Å². The highest BCUT2D eigenvalue weighted by Crippen LogP contribution is 2.38. The molecular formula is C28H29N3O8. The van der Waals surface area contributed by atoms with Crippen molar-refractivity contribution >= 4 is 24.0 Å². The third-order valence-electron chi connectivity index (χ3n) is 5.22. The summed E-state index contributed by atoms with van der Waals surface area (Å²) in [5.41, 5.74) is 3.54. The van der Waals surface area contributed by atoms with Crippen LogP contribution in [0.5, 0.6) is 28.7 Å². The highest BCUT2D eigenvalue weighted by atomic mass is 16.6. The van der Waals surface area contributed by atoms with Crippen LogP contribution < -0.4 is 34.4 Å². The van der Waals surface area contributed by atoms with Crippen molar-refractivity contribution in [2.45, 2.75) is 6.92 Å². The van der Waals surface area contributed by atoms with Gasteiger partial charge in [-0.25, -0.2) is 10.2 Å². The summed E-state index contributed by atoms with van der Waals surface area (Å²) < 4.78 is 27.1. The Hall–Kier alpha value is -5.06. The molecule has 3 aromatic rings. The SMILES string of the molecule is CCOc1cc(/C=N/NC(=O)CNC(=O)c2ccccc2)ccc1OC(=O)c1cc(OC)c(OC)c(OC)c1. The Morgan fingerprint density at radius 1 is 0.821 bits per heavy atom. The Kier molecular flexibility index (Phi) is 10.3. The van der Waals surface area contributed by atoms with Gasteiger partial charge in [-0.2, -0.15) is 5.10 Å². The van der Waals surface area contributed by atoms with Gasteiger partial charge in [-0.15, -0.1) is 0 Å². The fraction of sp³-hybridized carbons (Fsp3) is 0.214. The van der Waals surface area contributed by atoms with Crippen LogP contribution in [0, 0.1) is 0 Å². The summed E-state index contributed by atoms with van der Waals surface area (Å²) >= 11 is 0. The van der Waals surface area contributed by atoms with Gasteiger partial charge in [0.15, 0.2) is 23.0 Å². The van der Waals surface area contributed by atoms with Gasteiger partial charge in [-0.05, 0) is 55.0 Å². The van der Waals surface area contributed by atoms with Crippen LogP contribution in [0.2, 0.25) is 0 Å². The number of nitrogens with zero attached hydrogens (tertiary/aromatic N) is 1. The summed E-state index contributed by atoms with van der Waals surface area (Å²) in [5, 5.41) is 6.42. The molecule has 0 aliphatic heterocycles. The highest BCUT2D eigenvalue weighted by molar-refractivity contribution is 5.96. The maximum absolute atomic E-state index is 12.9. The number of hydrogen-bond donors (Lipinski definition) is 2. The molecule has 0 spiro atoms. The summed E-state index contributed by atoms with van der Waals surface area (Å²) in [6.07, 6.45) is 1.39. The Morgan fingerprint density at radius 2 is 1.51 bits per heavy atom. The van der Waals surface area contributed by atoms with Crippen LogP contribution in [0.1, 0.15) is 33.2 Å². The molecule has 11 nitrogen and oxygen atoms in total. The van der Waals surface area contributed by atoms with E-state index < -0.39 is 11.9 Å². The average Bonchev–Trinajstić information content (AvgIpc) is 2.96. The molecule has 204 valence electrons. The lowest BCUT2D eigenvalue weighted by atomic mass is 10.1. The topological polar surface area (TPSA) is 134 Å². The van der Waals surface area contributed by atoms with E-state index in [0.717, 1.165) is 0 Å². The van der Waals surface area contributed by atoms with E-state index in [9.17, 15) is 14.4 Å². The van der Waals surface area contributed by atoms with Gasteiger partial charge >= 0.3 is 5.97 Å². The highest BCUT2D eigenvalue weighted by Gasteiger charge is 2.20. The van der Waals surface area contributed by atoms with Crippen molar-refractivity contribution in [2.24, 2.45) is 5.10 Å². The van der Waals surface area contributed by atoms with Crippen LogP contribution >= 0.6 is 0 Å². The van der Waals surface area contributed by atoms with Crippen molar-refractivity contribution in [3.05, 3.63) is 77.4 Å². The van der Waals surface area contributed by atoms with E-state index in [0.29, 0.717) is 40.7 Å². The first-order valence-corrected chi connectivity index (χ1v) is 11.8. The maximum atomic E-state index is 12.9. The monoisotopic (exact) mass is 535 g/mol. The van der Waals surface area contributed by atoms with Gasteiger partial charge in [0, 0.05) is 5.56 Å². The number of hydrazone groups is 1. The number of hydrogen-bond acceptors (Lipinski definition) is 9. The molecule has 0 radical (unpaired) electrons. The van der Waals surface area contributed by atoms with Crippen LogP contribution in [-0.2, 0) is 4.79 Å². The van der Waals surface area contributed by atoms with E-state index in [1.165, 1.54) is 39.7 Å². The van der Waals surface area contributed by atoms with Gasteiger partial charge in [0.2, 0.25) is 5.75 Å². The van der Waals surface area contributed by atoms with Crippen LogP contribution in [-0.4, -0.2) is 58.5 Å². The van der Waals surface area contributed by atoms with E-state index in [1.807, 2.05) is 0 Å². The second-order valence-corrected chi connectivity index (χ2v) is 7.78. The lowest BCUT2D eigenvalue weighted by Crippen LogP contribution is -2.34. The Morgan fingerprint density at radius 3 is 2.13 bits per heavy atom. The number of carbonyl (C=O) groups excluding carboxylic acids is 3. The molecule has 2 amide bonds. The minimum atomic E-state index is -0.665. The number of nitrogens with one attached hydrogen (secondary N) is 2. The zero-order valence-corrected chi connectivity index (χ0v) is 22.0. The molecule has 39 heavy (non-hydrogen) atoms. The molecule has 0 aliphatic carbocycles. The largest absolute Gasteiger partial charge is 0.493 e. The quantitative estimate of drug-likeness (QED) is 0.156. The number of rotatable bonds is 12. The predicted octanol–water partition coefficient (Wildman–Crippen LogP) is 3.21. The number of amides is 2. The molecule has 0 atom stereocenters. The van der Waals surface area contributed by atoms with Crippen molar-refractivity contribution in [1.29, 1.82) is 0 Å². The van der Waals surface area contributed by atoms with E-state index in [-0.39, 0.29) is 23.8 Å². The standard InChI is InChI=1S/C28H29N3O8/c1-5-38-22-13-18(16-30-31-25(32)17-29-27(33)19-9-7-6-8-10-19)11-12-21(22)39-28(34)20-14-23(35-2)26(37-4)24(15-20)36-3/h6-16H,5,17H2,1-4H3,(H,29,33)(H,31,32)/b30-16+. The molecule has 0 fully saturated rings. The van der Waals surface area contributed by atoms with Gasteiger partial charge in [-0.3, -0.25) is 9.59 Å². The number of benzene rings is 3. The third kappa shape index (κ3) is 7.71. The molecule has 0 aromatic heterocycles. The first-order valence-electron chi connectivity index (χ1n) is 11.8. The van der Waals surface area contributed by atoms with Gasteiger partial charge in [0.1, 0.15) is 0 Å². The van der Waals surface area contributed by atoms with Crippen molar-refractivity contribution in [3.63, 3.8) is 0 Å². The van der Waals surface area contributed by atoms with Gasteiger partial charge < -0.3 is 29.0 Å². The van der Waals surface area contributed by atoms with Crippen LogP contribution in [0.3, 0.4) is 0 Å². The fourth-order valence-electron chi connectivity index (χ4n) is 3.39. The Balaban J connectivity index is 1.65. The van der Waals surface area contributed by atoms with E-state index in [4.69, 9.17) is 23.7 Å². The predicted molar refractivity (Wildman–Crippen MR) is 143 cm³/mol. The van der Waals surface area contributed by atoms with Crippen molar-refractivity contribution < 1.29 is 38.1 Å². The summed E-state index contributed by atoms with van der Waals surface area (Å²) in [6.45, 7) is 1.85. The molecule has 0 bridgehead atoms. The molecule has 0 aliphatic rings. The molecule has 2 N–H and O–H groups in total. The van der Waals surface area contributed by atoms with Gasteiger partial charge in [0.25, 0.3) is 11.8 Å². The molecule has 0 heterocycles. The van der Waals surface area contributed by atoms with Gasteiger partial charge in [-0.1, -0.05) is 18.2 Å². The van der Waals surface area contributed by atoms with Crippen molar-refractivity contribution in [2.75, 3.05) is 34.5 Å². The summed E-state index contributed by atoms with van der Waals surface area (Å²) in [7, 11) is 4.36. The lowest BCUT2D eigenvalue weighted by molar-refractivity contribution is -0.120. The van der Waals surface area contributed by atoms with E-state index in [2.05, 4.69) is 15.8 Å². The minimum absolute atomic E-state index is 0.180. The summed E-state index contributed by atoms with van der Waals surface area (Å²) in [4.78, 5) is 37.0. The third-order valence-corrected chi connectivity index (χ3v) is 5.22. The van der Waals surface area contributed by atoms with Crippen LogP contribution in [0.15, 0.2) is 65.8 Å². The first kappa shape index (κ1) is 28.5. The Bertz CT molecular complexity index is 1320. The fourth-order valence-corrected chi connectivity index (χ4v) is 3.39. The summed E-state index contributed by atoms with van der Waals surface area (Å²) in [6, 6.07) is 16.3. The van der Waals surface area contributed by atoms with E-state index in [1.54, 1.807) is 55.5 Å². The molecule has 0 saturated heterocycles. The lowest BCUT2D eigenvalue weighted by Gasteiger charge is -2.15.